The minimum absolute atomic E-state index is 0.108. The van der Waals surface area contributed by atoms with Gasteiger partial charge >= 0.3 is 0 Å². The van der Waals surface area contributed by atoms with Gasteiger partial charge in [-0.15, -0.1) is 0 Å². The van der Waals surface area contributed by atoms with Gasteiger partial charge in [-0.3, -0.25) is 4.79 Å². The molecule has 0 radical (unpaired) electrons. The third-order valence-electron chi connectivity index (χ3n) is 3.51. The van der Waals surface area contributed by atoms with Crippen molar-refractivity contribution in [2.75, 3.05) is 0 Å². The molecular formula is C16H14O2. The summed E-state index contributed by atoms with van der Waals surface area (Å²) in [5, 5.41) is 9.21. The molecule has 3 rings (SSSR count). The third kappa shape index (κ3) is 2.02. The predicted molar refractivity (Wildman–Crippen MR) is 69.7 cm³/mol. The molecule has 0 unspecified atom stereocenters. The van der Waals surface area contributed by atoms with Crippen molar-refractivity contribution in [1.82, 2.24) is 0 Å². The topological polar surface area (TPSA) is 37.3 Å². The molecule has 2 nitrogen and oxygen atoms in total. The van der Waals surface area contributed by atoms with E-state index in [0.29, 0.717) is 11.5 Å². The lowest BCUT2D eigenvalue weighted by atomic mass is 10.0. The van der Waals surface area contributed by atoms with Crippen molar-refractivity contribution in [3.05, 3.63) is 65.7 Å². The molecule has 0 aliphatic heterocycles. The van der Waals surface area contributed by atoms with Crippen molar-refractivity contribution >= 4 is 5.78 Å². The highest BCUT2D eigenvalue weighted by molar-refractivity contribution is 6.00. The molecule has 0 bridgehead atoms. The van der Waals surface area contributed by atoms with Gasteiger partial charge in [-0.25, -0.2) is 0 Å². The molecule has 2 aromatic carbocycles. The minimum atomic E-state index is 0.108. The fourth-order valence-electron chi connectivity index (χ4n) is 2.39. The number of aromatic hydroxyl groups is 1. The van der Waals surface area contributed by atoms with Crippen LogP contribution in [0.3, 0.4) is 0 Å². The summed E-state index contributed by atoms with van der Waals surface area (Å²) in [5.41, 5.74) is 1.94. The summed E-state index contributed by atoms with van der Waals surface area (Å²) in [6.45, 7) is 0. The molecular weight excluding hydrogens is 224 g/mol. The van der Waals surface area contributed by atoms with Gasteiger partial charge in [0.05, 0.1) is 0 Å². The van der Waals surface area contributed by atoms with E-state index >= 15 is 0 Å². The number of carbonyl (C=O) groups is 1. The highest BCUT2D eigenvalue weighted by Crippen LogP contribution is 2.49. The van der Waals surface area contributed by atoms with E-state index in [9.17, 15) is 9.90 Å². The summed E-state index contributed by atoms with van der Waals surface area (Å²) in [6, 6.07) is 16.7. The van der Waals surface area contributed by atoms with E-state index in [4.69, 9.17) is 0 Å². The number of hydrogen-bond donors (Lipinski definition) is 1. The van der Waals surface area contributed by atoms with Gasteiger partial charge in [-0.2, -0.15) is 0 Å². The Bertz CT molecular complexity index is 557. The third-order valence-corrected chi connectivity index (χ3v) is 3.51. The number of phenolic OH excluding ortho intramolecular Hbond substituents is 1. The zero-order valence-electron chi connectivity index (χ0n) is 9.91. The molecule has 2 aromatic rings. The number of rotatable bonds is 3. The van der Waals surface area contributed by atoms with Crippen molar-refractivity contribution in [1.29, 1.82) is 0 Å². The van der Waals surface area contributed by atoms with E-state index in [1.807, 2.05) is 18.2 Å². The summed E-state index contributed by atoms with van der Waals surface area (Å²) in [7, 11) is 0. The summed E-state index contributed by atoms with van der Waals surface area (Å²) < 4.78 is 0. The lowest BCUT2D eigenvalue weighted by Gasteiger charge is -2.01. The molecule has 0 saturated heterocycles. The Hall–Kier alpha value is -2.09. The van der Waals surface area contributed by atoms with Gasteiger partial charge in [-0.05, 0) is 42.2 Å². The summed E-state index contributed by atoms with van der Waals surface area (Å²) in [4.78, 5) is 12.2. The Morgan fingerprint density at radius 1 is 1.00 bits per heavy atom. The minimum Gasteiger partial charge on any atom is -0.508 e. The number of hydrogen-bond acceptors (Lipinski definition) is 2. The van der Waals surface area contributed by atoms with Crippen LogP contribution < -0.4 is 0 Å². The van der Waals surface area contributed by atoms with Gasteiger partial charge in [0.15, 0.2) is 5.78 Å². The predicted octanol–water partition coefficient (Wildman–Crippen LogP) is 3.38. The lowest BCUT2D eigenvalue weighted by Crippen LogP contribution is -2.02. The largest absolute Gasteiger partial charge is 0.508 e. The molecule has 1 N–H and O–H groups in total. The van der Waals surface area contributed by atoms with Gasteiger partial charge in [0.2, 0.25) is 0 Å². The van der Waals surface area contributed by atoms with Crippen LogP contribution in [-0.4, -0.2) is 10.9 Å². The van der Waals surface area contributed by atoms with Crippen molar-refractivity contribution in [3.63, 3.8) is 0 Å². The summed E-state index contributed by atoms with van der Waals surface area (Å²) >= 11 is 0. The van der Waals surface area contributed by atoms with Crippen LogP contribution in [0.2, 0.25) is 0 Å². The van der Waals surface area contributed by atoms with Crippen LogP contribution in [-0.2, 0) is 0 Å². The molecule has 1 saturated carbocycles. The Balaban J connectivity index is 1.75. The van der Waals surface area contributed by atoms with Crippen LogP contribution in [0.5, 0.6) is 5.75 Å². The van der Waals surface area contributed by atoms with E-state index < -0.39 is 0 Å². The monoisotopic (exact) mass is 238 g/mol. The number of carbonyl (C=O) groups excluding carboxylic acids is 1. The van der Waals surface area contributed by atoms with E-state index in [-0.39, 0.29) is 17.5 Å². The second-order valence-electron chi connectivity index (χ2n) is 4.77. The zero-order valence-corrected chi connectivity index (χ0v) is 9.91. The first-order chi connectivity index (χ1) is 8.75. The average Bonchev–Trinajstić information content (AvgIpc) is 3.20. The Morgan fingerprint density at radius 2 is 1.67 bits per heavy atom. The maximum absolute atomic E-state index is 12.2. The van der Waals surface area contributed by atoms with Gasteiger partial charge in [0, 0.05) is 11.5 Å². The molecule has 1 aliphatic rings. The maximum atomic E-state index is 12.2. The van der Waals surface area contributed by atoms with Gasteiger partial charge in [0.25, 0.3) is 0 Å². The first-order valence-corrected chi connectivity index (χ1v) is 6.14. The Labute approximate surface area is 106 Å². The Kier molecular flexibility index (Phi) is 2.63. The van der Waals surface area contributed by atoms with Crippen molar-refractivity contribution < 1.29 is 9.90 Å². The molecule has 18 heavy (non-hydrogen) atoms. The Morgan fingerprint density at radius 3 is 2.33 bits per heavy atom. The van der Waals surface area contributed by atoms with Crippen LogP contribution in [0.4, 0.5) is 0 Å². The van der Waals surface area contributed by atoms with Crippen LogP contribution in [0.15, 0.2) is 54.6 Å². The molecule has 0 heterocycles. The van der Waals surface area contributed by atoms with Gasteiger partial charge < -0.3 is 5.11 Å². The molecule has 90 valence electrons. The first-order valence-electron chi connectivity index (χ1n) is 6.14. The first kappa shape index (κ1) is 11.0. The highest BCUT2D eigenvalue weighted by atomic mass is 16.3. The molecule has 0 amide bonds. The normalized spacial score (nSPS) is 21.6. The quantitative estimate of drug-likeness (QED) is 0.832. The second kappa shape index (κ2) is 4.30. The van der Waals surface area contributed by atoms with Crippen LogP contribution in [0.25, 0.3) is 0 Å². The standard InChI is InChI=1S/C16H14O2/c17-13-8-6-12(7-9-13)16(18)15-10-14(15)11-4-2-1-3-5-11/h1-9,14-15,17H,10H2/t14-,15+/m1/s1. The number of Topliss-reactive ketones (excluding diaryl/α,β-unsaturated/α-hetero) is 1. The zero-order chi connectivity index (χ0) is 12.5. The van der Waals surface area contributed by atoms with Crippen molar-refractivity contribution in [2.45, 2.75) is 12.3 Å². The second-order valence-corrected chi connectivity index (χ2v) is 4.77. The van der Waals surface area contributed by atoms with Crippen molar-refractivity contribution in [3.8, 4) is 5.75 Å². The fourth-order valence-corrected chi connectivity index (χ4v) is 2.39. The van der Waals surface area contributed by atoms with Crippen LogP contribution in [0.1, 0.15) is 28.3 Å². The van der Waals surface area contributed by atoms with E-state index in [2.05, 4.69) is 12.1 Å². The van der Waals surface area contributed by atoms with E-state index in [0.717, 1.165) is 6.42 Å². The molecule has 0 aromatic heterocycles. The molecule has 0 spiro atoms. The average molecular weight is 238 g/mol. The highest BCUT2D eigenvalue weighted by Gasteiger charge is 2.43. The molecule has 1 fully saturated rings. The smallest absolute Gasteiger partial charge is 0.166 e. The van der Waals surface area contributed by atoms with Crippen molar-refractivity contribution in [2.24, 2.45) is 5.92 Å². The number of benzene rings is 2. The van der Waals surface area contributed by atoms with Gasteiger partial charge in [-0.1, -0.05) is 30.3 Å². The SMILES string of the molecule is O=C(c1ccc(O)cc1)[C@H]1C[C@@H]1c1ccccc1. The van der Waals surface area contributed by atoms with E-state index in [1.165, 1.54) is 5.56 Å². The summed E-state index contributed by atoms with van der Waals surface area (Å²) in [6.07, 6.45) is 0.934. The van der Waals surface area contributed by atoms with Crippen LogP contribution >= 0.6 is 0 Å². The molecule has 2 heteroatoms. The maximum Gasteiger partial charge on any atom is 0.166 e. The van der Waals surface area contributed by atoms with E-state index in [1.54, 1.807) is 24.3 Å². The lowest BCUT2D eigenvalue weighted by molar-refractivity contribution is 0.0965. The fraction of sp³-hybridized carbons (Fsp3) is 0.188. The number of phenols is 1. The number of ketones is 1. The molecule has 1 aliphatic carbocycles. The van der Waals surface area contributed by atoms with Gasteiger partial charge in [0.1, 0.15) is 5.75 Å². The molecule has 2 atom stereocenters. The van der Waals surface area contributed by atoms with Crippen LogP contribution in [0, 0.1) is 5.92 Å². The summed E-state index contributed by atoms with van der Waals surface area (Å²) in [5.74, 6) is 0.857.